The van der Waals surface area contributed by atoms with Crippen LogP contribution in [0.2, 0.25) is 0 Å². The molecule has 1 fully saturated rings. The first kappa shape index (κ1) is 20.4. The van der Waals surface area contributed by atoms with E-state index in [9.17, 15) is 0 Å². The van der Waals surface area contributed by atoms with Crippen LogP contribution in [0, 0.1) is 0 Å². The molecule has 0 radical (unpaired) electrons. The van der Waals surface area contributed by atoms with Crippen LogP contribution >= 0.6 is 0 Å². The van der Waals surface area contributed by atoms with Gasteiger partial charge in [0, 0.05) is 39.3 Å². The van der Waals surface area contributed by atoms with Gasteiger partial charge in [0.25, 0.3) is 0 Å². The van der Waals surface area contributed by atoms with Gasteiger partial charge in [-0.05, 0) is 24.9 Å². The lowest BCUT2D eigenvalue weighted by molar-refractivity contribution is 0.0105. The predicted molar refractivity (Wildman–Crippen MR) is 107 cm³/mol. The Labute approximate surface area is 155 Å². The number of nitrogens with zero attached hydrogens (tertiary/aromatic N) is 2. The zero-order valence-electron chi connectivity index (χ0n) is 16.5. The molecule has 1 aliphatic rings. The second-order valence-corrected chi connectivity index (χ2v) is 7.33. The summed E-state index contributed by atoms with van der Waals surface area (Å²) >= 11 is 0. The molecule has 1 aliphatic heterocycles. The van der Waals surface area contributed by atoms with E-state index in [1.54, 1.807) is 0 Å². The van der Waals surface area contributed by atoms with Gasteiger partial charge < -0.3 is 9.64 Å². The van der Waals surface area contributed by atoms with Gasteiger partial charge in [-0.1, -0.05) is 69.9 Å². The number of hydrogen-bond donors (Lipinski definition) is 0. The average Bonchev–Trinajstić information content (AvgIpc) is 2.66. The number of benzene rings is 1. The topological polar surface area (TPSA) is 15.7 Å². The largest absolute Gasteiger partial charge is 0.372 e. The maximum absolute atomic E-state index is 6.28. The Morgan fingerprint density at radius 1 is 0.840 bits per heavy atom. The lowest BCUT2D eigenvalue weighted by Crippen LogP contribution is -2.47. The van der Waals surface area contributed by atoms with E-state index in [4.69, 9.17) is 4.74 Å². The molecule has 3 nitrogen and oxygen atoms in total. The first-order chi connectivity index (χ1) is 12.3. The minimum Gasteiger partial charge on any atom is -0.372 e. The quantitative estimate of drug-likeness (QED) is 0.508. The summed E-state index contributed by atoms with van der Waals surface area (Å²) in [5.74, 6) is 0. The van der Waals surface area contributed by atoms with E-state index in [1.807, 2.05) is 0 Å². The summed E-state index contributed by atoms with van der Waals surface area (Å²) in [5.41, 5.74) is 1.32. The van der Waals surface area contributed by atoms with Gasteiger partial charge in [0.2, 0.25) is 0 Å². The van der Waals surface area contributed by atoms with Gasteiger partial charge in [-0.2, -0.15) is 0 Å². The molecular formula is C22H38N2O. The van der Waals surface area contributed by atoms with Crippen molar-refractivity contribution >= 4 is 0 Å². The SMILES string of the molecule is CCCCCOC(CN1CCN(CCCCC)CC1)c1ccccc1. The summed E-state index contributed by atoms with van der Waals surface area (Å²) in [5, 5.41) is 0. The molecule has 142 valence electrons. The fourth-order valence-electron chi connectivity index (χ4n) is 3.52. The summed E-state index contributed by atoms with van der Waals surface area (Å²) in [7, 11) is 0. The highest BCUT2D eigenvalue weighted by molar-refractivity contribution is 5.18. The highest BCUT2D eigenvalue weighted by Crippen LogP contribution is 2.20. The maximum Gasteiger partial charge on any atom is 0.0951 e. The fraction of sp³-hybridized carbons (Fsp3) is 0.727. The highest BCUT2D eigenvalue weighted by Gasteiger charge is 2.21. The van der Waals surface area contributed by atoms with Crippen LogP contribution in [-0.4, -0.2) is 55.7 Å². The summed E-state index contributed by atoms with van der Waals surface area (Å²) in [6.45, 7) is 12.5. The van der Waals surface area contributed by atoms with E-state index in [-0.39, 0.29) is 6.10 Å². The van der Waals surface area contributed by atoms with Crippen molar-refractivity contribution < 1.29 is 4.74 Å². The second-order valence-electron chi connectivity index (χ2n) is 7.33. The highest BCUT2D eigenvalue weighted by atomic mass is 16.5. The van der Waals surface area contributed by atoms with E-state index < -0.39 is 0 Å². The first-order valence-corrected chi connectivity index (χ1v) is 10.4. The van der Waals surface area contributed by atoms with Crippen LogP contribution in [0.4, 0.5) is 0 Å². The molecule has 0 aromatic heterocycles. The van der Waals surface area contributed by atoms with Crippen molar-refractivity contribution in [2.45, 2.75) is 58.5 Å². The van der Waals surface area contributed by atoms with Gasteiger partial charge in [-0.15, -0.1) is 0 Å². The van der Waals surface area contributed by atoms with Crippen molar-refractivity contribution in [3.8, 4) is 0 Å². The van der Waals surface area contributed by atoms with Crippen LogP contribution in [0.5, 0.6) is 0 Å². The predicted octanol–water partition coefficient (Wildman–Crippen LogP) is 4.74. The van der Waals surface area contributed by atoms with Crippen LogP contribution in [0.1, 0.15) is 64.0 Å². The van der Waals surface area contributed by atoms with Crippen molar-refractivity contribution in [1.29, 1.82) is 0 Å². The zero-order chi connectivity index (χ0) is 17.7. The second kappa shape index (κ2) is 12.5. The summed E-state index contributed by atoms with van der Waals surface area (Å²) in [6.07, 6.45) is 7.92. The van der Waals surface area contributed by atoms with Gasteiger partial charge >= 0.3 is 0 Å². The normalized spacial score (nSPS) is 17.7. The molecule has 0 N–H and O–H groups in total. The van der Waals surface area contributed by atoms with E-state index in [0.717, 1.165) is 13.2 Å². The Morgan fingerprint density at radius 2 is 1.48 bits per heavy atom. The first-order valence-electron chi connectivity index (χ1n) is 10.4. The van der Waals surface area contributed by atoms with Gasteiger partial charge in [-0.25, -0.2) is 0 Å². The number of hydrogen-bond acceptors (Lipinski definition) is 3. The average molecular weight is 347 g/mol. The Hall–Kier alpha value is -0.900. The Bertz CT molecular complexity index is 429. The minimum absolute atomic E-state index is 0.213. The van der Waals surface area contributed by atoms with E-state index in [1.165, 1.54) is 76.8 Å². The fourth-order valence-corrected chi connectivity index (χ4v) is 3.52. The van der Waals surface area contributed by atoms with Crippen LogP contribution in [-0.2, 0) is 4.74 Å². The van der Waals surface area contributed by atoms with E-state index in [0.29, 0.717) is 0 Å². The number of ether oxygens (including phenoxy) is 1. The molecule has 0 bridgehead atoms. The molecule has 1 saturated heterocycles. The molecule has 0 saturated carbocycles. The molecule has 1 atom stereocenters. The summed E-state index contributed by atoms with van der Waals surface area (Å²) < 4.78 is 6.28. The molecule has 2 rings (SSSR count). The minimum atomic E-state index is 0.213. The van der Waals surface area contributed by atoms with Crippen molar-refractivity contribution in [1.82, 2.24) is 9.80 Å². The van der Waals surface area contributed by atoms with Gasteiger partial charge in [0.1, 0.15) is 0 Å². The number of rotatable bonds is 12. The van der Waals surface area contributed by atoms with Gasteiger partial charge in [0.05, 0.1) is 6.10 Å². The third kappa shape index (κ3) is 7.89. The Kier molecular flexibility index (Phi) is 10.2. The van der Waals surface area contributed by atoms with Crippen LogP contribution in [0.25, 0.3) is 0 Å². The summed E-state index contributed by atoms with van der Waals surface area (Å²) in [6, 6.07) is 10.8. The Balaban J connectivity index is 1.79. The Morgan fingerprint density at radius 3 is 2.16 bits per heavy atom. The van der Waals surface area contributed by atoms with Crippen molar-refractivity contribution in [3.63, 3.8) is 0 Å². The molecule has 1 aromatic carbocycles. The van der Waals surface area contributed by atoms with Gasteiger partial charge in [-0.3, -0.25) is 4.90 Å². The third-order valence-corrected chi connectivity index (χ3v) is 5.21. The molecule has 25 heavy (non-hydrogen) atoms. The molecule has 1 heterocycles. The molecule has 0 spiro atoms. The zero-order valence-corrected chi connectivity index (χ0v) is 16.5. The molecule has 1 aromatic rings. The van der Waals surface area contributed by atoms with E-state index in [2.05, 4.69) is 54.0 Å². The monoisotopic (exact) mass is 346 g/mol. The van der Waals surface area contributed by atoms with Crippen molar-refractivity contribution in [3.05, 3.63) is 35.9 Å². The third-order valence-electron chi connectivity index (χ3n) is 5.21. The van der Waals surface area contributed by atoms with Crippen molar-refractivity contribution in [2.24, 2.45) is 0 Å². The molecular weight excluding hydrogens is 308 g/mol. The number of piperazine rings is 1. The maximum atomic E-state index is 6.28. The molecule has 0 amide bonds. The standard InChI is InChI=1S/C22H38N2O/c1-3-5-10-14-23-15-17-24(18-16-23)20-22(25-19-11-6-4-2)21-12-8-7-9-13-21/h7-9,12-13,22H,3-6,10-11,14-20H2,1-2H3. The lowest BCUT2D eigenvalue weighted by Gasteiger charge is -2.36. The van der Waals surface area contributed by atoms with Crippen LogP contribution in [0.3, 0.4) is 0 Å². The summed E-state index contributed by atoms with van der Waals surface area (Å²) in [4.78, 5) is 5.22. The molecule has 0 aliphatic carbocycles. The van der Waals surface area contributed by atoms with Gasteiger partial charge in [0.15, 0.2) is 0 Å². The van der Waals surface area contributed by atoms with Crippen molar-refractivity contribution in [2.75, 3.05) is 45.9 Å². The molecule has 1 unspecified atom stereocenters. The molecule has 3 heteroatoms. The smallest absolute Gasteiger partial charge is 0.0951 e. The van der Waals surface area contributed by atoms with Crippen LogP contribution in [0.15, 0.2) is 30.3 Å². The van der Waals surface area contributed by atoms with E-state index >= 15 is 0 Å². The van der Waals surface area contributed by atoms with Crippen LogP contribution < -0.4 is 0 Å². The lowest BCUT2D eigenvalue weighted by atomic mass is 10.1. The number of unbranched alkanes of at least 4 members (excludes halogenated alkanes) is 4.